The molecule has 1 saturated carbocycles. The van der Waals surface area contributed by atoms with Crippen LogP contribution in [0.15, 0.2) is 137 Å². The van der Waals surface area contributed by atoms with Crippen molar-refractivity contribution in [3.8, 4) is 11.5 Å². The molecule has 0 aromatic heterocycles. The van der Waals surface area contributed by atoms with E-state index in [1.165, 1.54) is 114 Å². The van der Waals surface area contributed by atoms with Gasteiger partial charge in [0.25, 0.3) is 11.8 Å². The van der Waals surface area contributed by atoms with Gasteiger partial charge in [-0.15, -0.1) is 17.8 Å². The van der Waals surface area contributed by atoms with E-state index in [9.17, 15) is 38.7 Å². The van der Waals surface area contributed by atoms with Crippen LogP contribution in [0.4, 0.5) is 22.7 Å². The van der Waals surface area contributed by atoms with Crippen LogP contribution >= 0.6 is 0 Å². The number of nitrogens with one attached hydrogen (secondary N) is 4. The Morgan fingerprint density at radius 3 is 1.94 bits per heavy atom. The summed E-state index contributed by atoms with van der Waals surface area (Å²) in [5.41, 5.74) is 2.77. The van der Waals surface area contributed by atoms with Crippen LogP contribution in [0.1, 0.15) is 247 Å². The fourth-order valence-electron chi connectivity index (χ4n) is 13.2. The molecule has 2 aliphatic heterocycles. The van der Waals surface area contributed by atoms with E-state index in [1.807, 2.05) is 13.0 Å². The molecule has 18 nitrogen and oxygen atoms in total. The van der Waals surface area contributed by atoms with Crippen LogP contribution in [0, 0.1) is 12.0 Å². The SMILES string of the molecule is CCCCCCCCCCCCOC(=O)c1cccc([N-]C(=O)c2cccc(C=N[C@H]3CCCC[C@@H]3NC=C3C=CC=C(C(=O)Nc4cccc(C(=O)OCCCCCCCCCCCC)c4NC(=O)c4cccc5c4OC[C@H]5C)C3=O)c2O)c1NC(=O)C1=CCC=C2[C-]1[OH+]C[C@H]2C. The van der Waals surface area contributed by atoms with Crippen molar-refractivity contribution in [1.82, 2.24) is 5.32 Å². The molecule has 18 heteroatoms. The van der Waals surface area contributed by atoms with Crippen molar-refractivity contribution >= 4 is 70.3 Å². The fraction of sp³-hybridized carbons (Fsp3) is 0.463. The van der Waals surface area contributed by atoms with Gasteiger partial charge in [-0.3, -0.25) is 19.4 Å². The average molecular weight is 1340 g/mol. The number of amides is 4. The molecular weight excluding hydrogens is 1240 g/mol. The zero-order valence-corrected chi connectivity index (χ0v) is 57.7. The van der Waals surface area contributed by atoms with E-state index in [-0.39, 0.29) is 105 Å². The number of ketones is 1. The lowest BCUT2D eigenvalue weighted by molar-refractivity contribution is -0.118. The van der Waals surface area contributed by atoms with Gasteiger partial charge >= 0.3 is 11.9 Å². The third-order valence-corrected chi connectivity index (χ3v) is 18.9. The van der Waals surface area contributed by atoms with Crippen LogP contribution in [-0.4, -0.2) is 95.9 Å². The number of hydrogen-bond acceptors (Lipinski definition) is 13. The summed E-state index contributed by atoms with van der Waals surface area (Å²) in [5.74, 6) is -4.27. The van der Waals surface area contributed by atoms with Crippen LogP contribution in [0.5, 0.6) is 11.5 Å². The Bertz CT molecular complexity index is 3670. The topological polar surface area (TPSA) is 255 Å². The average Bonchev–Trinajstić information content (AvgIpc) is 1.57. The number of allylic oxidation sites excluding steroid dienone is 6. The number of nitrogens with zero attached hydrogens (tertiary/aromatic N) is 2. The molecule has 6 N–H and O–H groups in total. The Morgan fingerprint density at radius 2 is 1.26 bits per heavy atom. The van der Waals surface area contributed by atoms with Gasteiger partial charge in [-0.05, 0) is 85.4 Å². The number of phenols is 1. The fourth-order valence-corrected chi connectivity index (χ4v) is 13.2. The highest BCUT2D eigenvalue weighted by atomic mass is 16.5. The van der Waals surface area contributed by atoms with E-state index in [1.54, 1.807) is 66.9 Å². The van der Waals surface area contributed by atoms with Gasteiger partial charge in [0.1, 0.15) is 24.2 Å². The van der Waals surface area contributed by atoms with Gasteiger partial charge in [-0.1, -0.05) is 205 Å². The van der Waals surface area contributed by atoms with Gasteiger partial charge in [0.2, 0.25) is 0 Å². The number of para-hydroxylation sites is 4. The second-order valence-electron chi connectivity index (χ2n) is 26.4. The summed E-state index contributed by atoms with van der Waals surface area (Å²) in [6.07, 6.45) is 38.2. The number of Topliss-reactive ketones (excluding diaryl/α,β-unsaturated/α-hetero) is 1. The molecule has 9 rings (SSSR count). The number of carbonyl (C=O) groups is 7. The van der Waals surface area contributed by atoms with Gasteiger partial charge in [-0.25, -0.2) is 9.59 Å². The van der Waals surface area contributed by atoms with Gasteiger partial charge in [-0.2, -0.15) is 0 Å². The Hall–Kier alpha value is -9.03. The number of rotatable bonds is 36. The number of hydrogen-bond donors (Lipinski definition) is 5. The number of aliphatic hydroxyl groups is 2. The summed E-state index contributed by atoms with van der Waals surface area (Å²) in [6.45, 7) is 9.82. The number of phenolic OH excluding ortho intramolecular Hbond substituents is 1. The van der Waals surface area contributed by atoms with Crippen molar-refractivity contribution in [2.75, 3.05) is 42.4 Å². The Labute approximate surface area is 578 Å². The van der Waals surface area contributed by atoms with Gasteiger partial charge in [0, 0.05) is 58.2 Å². The molecule has 5 aliphatic rings. The Balaban J connectivity index is 0.844. The third-order valence-electron chi connectivity index (χ3n) is 18.9. The van der Waals surface area contributed by atoms with Crippen molar-refractivity contribution in [3.63, 3.8) is 0 Å². The van der Waals surface area contributed by atoms with Gasteiger partial charge < -0.3 is 60.2 Å². The first-order valence-electron chi connectivity index (χ1n) is 36.0. The van der Waals surface area contributed by atoms with Crippen molar-refractivity contribution in [1.29, 1.82) is 0 Å². The number of ether oxygens (including phenoxy) is 4. The number of anilines is 3. The first kappa shape index (κ1) is 73.2. The number of unbranched alkanes of at least 4 members (excludes halogenated alkanes) is 18. The maximum Gasteiger partial charge on any atom is 0.340 e. The molecule has 4 aromatic rings. The van der Waals surface area contributed by atoms with E-state index in [2.05, 4.69) is 58.2 Å². The van der Waals surface area contributed by atoms with E-state index >= 15 is 0 Å². The minimum atomic E-state index is -0.831. The monoisotopic (exact) mass is 1340 g/mol. The predicted octanol–water partition coefficient (Wildman–Crippen LogP) is 17.0. The molecule has 4 amide bonds. The molecule has 2 heterocycles. The predicted molar refractivity (Wildman–Crippen MR) is 386 cm³/mol. The third kappa shape index (κ3) is 19.8. The number of benzene rings is 4. The van der Waals surface area contributed by atoms with Crippen LogP contribution in [0.25, 0.3) is 5.32 Å². The van der Waals surface area contributed by atoms with Crippen molar-refractivity contribution in [3.05, 3.63) is 176 Å². The van der Waals surface area contributed by atoms with E-state index < -0.39 is 41.4 Å². The highest BCUT2D eigenvalue weighted by Gasteiger charge is 2.36. The molecule has 3 aliphatic carbocycles. The summed E-state index contributed by atoms with van der Waals surface area (Å²) in [5, 5.41) is 28.1. The standard InChI is InChI=1S/C80H100N6O12/c1-5-7-9-11-13-15-17-19-21-25-47-95-79(93)59-37-31-45-67(69(59)85-77(91)63-41-29-35-57-53(3)51-97-73(57)63)83-75(89)61-39-27-33-55(71(61)87)49-81-65-43-23-24-44-66(65)82-50-56-34-28-40-62(72(56)88)76(90)84-68-46-32-38-60(80(94)96-48-26-22-20-18-16-14-12-10-8-6-2)70(68)86-78(92)64-42-30-36-58-54(4)52-98-74(58)64/h27-29,31-42,45-46,49-50,53-54,65-66,98H,5-26,30,43-44,47-48,51-52H2,1-4H3,(H6,81,82,83,84,85,86,87,88,89,90,91,92,93,94)/p-1/t53-,54-,65+,66+/m1/s1. The summed E-state index contributed by atoms with van der Waals surface area (Å²) >= 11 is 0. The van der Waals surface area contributed by atoms with Crippen LogP contribution in [0.3, 0.4) is 0 Å². The van der Waals surface area contributed by atoms with Crippen LogP contribution in [0.2, 0.25) is 0 Å². The molecule has 1 saturated heterocycles. The van der Waals surface area contributed by atoms with Crippen molar-refractivity contribution < 1.29 is 57.6 Å². The summed E-state index contributed by atoms with van der Waals surface area (Å²) < 4.78 is 22.2. The Morgan fingerprint density at radius 1 is 0.663 bits per heavy atom. The van der Waals surface area contributed by atoms with Crippen molar-refractivity contribution in [2.24, 2.45) is 10.9 Å². The highest BCUT2D eigenvalue weighted by Crippen LogP contribution is 2.42. The second-order valence-corrected chi connectivity index (χ2v) is 26.4. The number of aromatic hydroxyl groups is 1. The molecule has 0 bridgehead atoms. The first-order valence-corrected chi connectivity index (χ1v) is 36.0. The molecule has 98 heavy (non-hydrogen) atoms. The molecule has 522 valence electrons. The largest absolute Gasteiger partial charge is 0.621 e. The number of carbonyl (C=O) groups excluding carboxylic acids is 7. The maximum atomic E-state index is 14.3. The number of esters is 2. The first-order chi connectivity index (χ1) is 47.8. The molecule has 0 unspecified atom stereocenters. The molecule has 2 fully saturated rings. The lowest BCUT2D eigenvalue weighted by Crippen LogP contribution is -2.39. The van der Waals surface area contributed by atoms with Crippen molar-refractivity contribution in [2.45, 2.75) is 206 Å². The minimum absolute atomic E-state index is 0.00425. The molecule has 0 spiro atoms. The van der Waals surface area contributed by atoms with Crippen LogP contribution in [-0.2, 0) is 23.9 Å². The Kier molecular flexibility index (Phi) is 28.1. The van der Waals surface area contributed by atoms with E-state index in [4.69, 9.17) is 19.2 Å². The zero-order chi connectivity index (χ0) is 69.2. The molecular formula is C80H99N6O12-. The lowest BCUT2D eigenvalue weighted by Gasteiger charge is -2.29. The normalized spacial score (nSPS) is 18.2. The highest BCUT2D eigenvalue weighted by molar-refractivity contribution is 6.30. The van der Waals surface area contributed by atoms with Crippen LogP contribution < -0.4 is 26.0 Å². The summed E-state index contributed by atoms with van der Waals surface area (Å²) in [4.78, 5) is 104. The zero-order valence-electron chi connectivity index (χ0n) is 57.7. The minimum Gasteiger partial charge on any atom is -0.621 e. The maximum absolute atomic E-state index is 14.3. The molecule has 4 atom stereocenters. The van der Waals surface area contributed by atoms with Gasteiger partial charge in [0.15, 0.2) is 11.7 Å². The van der Waals surface area contributed by atoms with E-state index in [0.717, 1.165) is 62.5 Å². The van der Waals surface area contributed by atoms with E-state index in [0.29, 0.717) is 62.7 Å². The summed E-state index contributed by atoms with van der Waals surface area (Å²) in [7, 11) is 0. The number of aliphatic imine (C=N–C) groups is 1. The number of fused-ring (bicyclic) bond motifs is 2. The lowest BCUT2D eigenvalue weighted by atomic mass is 9.89. The summed E-state index contributed by atoms with van der Waals surface area (Å²) in [6, 6.07) is 18.7. The quantitative estimate of drug-likeness (QED) is 0.00542. The molecule has 4 aromatic carbocycles. The molecule has 0 radical (unpaired) electrons. The van der Waals surface area contributed by atoms with Gasteiger partial charge in [0.05, 0.1) is 65.4 Å². The smallest absolute Gasteiger partial charge is 0.340 e. The second kappa shape index (κ2) is 37.6.